The Labute approximate surface area is 288 Å². The summed E-state index contributed by atoms with van der Waals surface area (Å²) in [7, 11) is 0. The molecule has 0 radical (unpaired) electrons. The molecule has 1 amide bonds. The number of carbonyl (C=O) groups is 1. The predicted octanol–water partition coefficient (Wildman–Crippen LogP) is 9.55. The Kier molecular flexibility index (Phi) is 13.4. The first-order chi connectivity index (χ1) is 23.4. The first kappa shape index (κ1) is 35.5. The van der Waals surface area contributed by atoms with E-state index in [1.807, 2.05) is 48.5 Å². The minimum atomic E-state index is 0.116. The Balaban J connectivity index is 1.37. The van der Waals surface area contributed by atoms with Gasteiger partial charge in [-0.1, -0.05) is 76.9 Å². The number of nitrogens with one attached hydrogen (secondary N) is 1. The Bertz CT molecular complexity index is 1540. The smallest absolute Gasteiger partial charge is 0.253 e. The van der Waals surface area contributed by atoms with Crippen molar-refractivity contribution in [2.75, 3.05) is 38.0 Å². The number of hydrogen-bond acceptors (Lipinski definition) is 5. The maximum Gasteiger partial charge on any atom is 0.253 e. The van der Waals surface area contributed by atoms with Crippen LogP contribution in [0, 0.1) is 11.8 Å². The molecule has 0 unspecified atom stereocenters. The minimum absolute atomic E-state index is 0.116. The average Bonchev–Trinajstić information content (AvgIpc) is 3.22. The van der Waals surface area contributed by atoms with Crippen LogP contribution in [0.15, 0.2) is 72.8 Å². The maximum atomic E-state index is 13.9. The molecule has 7 nitrogen and oxygen atoms in total. The Morgan fingerprint density at radius 3 is 2.25 bits per heavy atom. The number of unbranched alkanes of at least 4 members (excludes halogenated alkanes) is 1. The molecule has 0 atom stereocenters. The summed E-state index contributed by atoms with van der Waals surface area (Å²) >= 11 is 0. The van der Waals surface area contributed by atoms with Crippen molar-refractivity contribution >= 4 is 28.6 Å². The average molecular weight is 652 g/mol. The fourth-order valence-corrected chi connectivity index (χ4v) is 6.40. The predicted molar refractivity (Wildman–Crippen MR) is 199 cm³/mol. The number of likely N-dealkylation sites (tertiary alicyclic amines) is 1. The number of aryl methyl sites for hydroxylation is 1. The third-order valence-corrected chi connectivity index (χ3v) is 9.38. The van der Waals surface area contributed by atoms with Crippen LogP contribution in [-0.4, -0.2) is 58.0 Å². The molecule has 2 heterocycles. The lowest BCUT2D eigenvalue weighted by molar-refractivity contribution is 0.0741. The lowest BCUT2D eigenvalue weighted by atomic mass is 10.1. The molecule has 0 spiro atoms. The molecule has 1 N–H and O–H groups in total. The molecule has 1 aliphatic heterocycles. The second kappa shape index (κ2) is 18.1. The van der Waals surface area contributed by atoms with E-state index in [2.05, 4.69) is 71.6 Å². The van der Waals surface area contributed by atoms with Gasteiger partial charge in [0.2, 0.25) is 5.95 Å². The van der Waals surface area contributed by atoms with Crippen molar-refractivity contribution in [1.29, 1.82) is 0 Å². The number of anilines is 2. The van der Waals surface area contributed by atoms with Gasteiger partial charge >= 0.3 is 0 Å². The molecule has 258 valence electrons. The van der Waals surface area contributed by atoms with Crippen molar-refractivity contribution in [2.24, 2.45) is 11.8 Å². The van der Waals surface area contributed by atoms with E-state index in [9.17, 15) is 4.79 Å². The second-order valence-corrected chi connectivity index (χ2v) is 14.3. The molecule has 3 aromatic carbocycles. The number of benzene rings is 3. The molecule has 0 bridgehead atoms. The van der Waals surface area contributed by atoms with Crippen molar-refractivity contribution < 1.29 is 9.53 Å². The number of amides is 1. The summed E-state index contributed by atoms with van der Waals surface area (Å²) in [5.41, 5.74) is 4.70. The number of imidazole rings is 1. The van der Waals surface area contributed by atoms with Crippen molar-refractivity contribution in [3.05, 3.63) is 83.9 Å². The topological polar surface area (TPSA) is 62.6 Å². The van der Waals surface area contributed by atoms with Crippen LogP contribution in [0.2, 0.25) is 0 Å². The Morgan fingerprint density at radius 2 is 1.54 bits per heavy atom. The van der Waals surface area contributed by atoms with Crippen LogP contribution in [0.25, 0.3) is 11.0 Å². The highest BCUT2D eigenvalue weighted by atomic mass is 16.5. The van der Waals surface area contributed by atoms with Gasteiger partial charge in [0, 0.05) is 37.0 Å². The molecule has 1 saturated heterocycles. The molecule has 48 heavy (non-hydrogen) atoms. The summed E-state index contributed by atoms with van der Waals surface area (Å²) in [5.74, 6) is 2.81. The lowest BCUT2D eigenvalue weighted by Gasteiger charge is -2.25. The van der Waals surface area contributed by atoms with Crippen LogP contribution in [0.4, 0.5) is 11.6 Å². The van der Waals surface area contributed by atoms with Gasteiger partial charge < -0.3 is 24.4 Å². The SMILES string of the molecule is CC(C)CCN(CCC(C)C)C(=O)c1ccc2nc(Nc3cccc(OCc4ccccc4)c3)n(CCCCN3CCCCCC3)c2c1. The van der Waals surface area contributed by atoms with Crippen molar-refractivity contribution in [1.82, 2.24) is 19.4 Å². The highest BCUT2D eigenvalue weighted by molar-refractivity contribution is 5.98. The zero-order valence-electron chi connectivity index (χ0n) is 29.8. The second-order valence-electron chi connectivity index (χ2n) is 14.3. The first-order valence-corrected chi connectivity index (χ1v) is 18.4. The largest absolute Gasteiger partial charge is 0.489 e. The first-order valence-electron chi connectivity index (χ1n) is 18.4. The number of aromatic nitrogens is 2. The molecule has 0 saturated carbocycles. The number of rotatable bonds is 17. The standard InChI is InChI=1S/C41H57N5O2/c1-32(2)21-27-45(28-22-33(3)4)40(47)35-19-20-38-39(29-35)46(26-13-12-25-44-23-10-5-6-11-24-44)41(43-38)42-36-17-14-18-37(30-36)48-31-34-15-8-7-9-16-34/h7-9,14-20,29-30,32-33H,5-6,10-13,21-28,31H2,1-4H3,(H,42,43). The van der Waals surface area contributed by atoms with E-state index in [0.717, 1.165) is 91.4 Å². The number of ether oxygens (including phenoxy) is 1. The molecule has 7 heteroatoms. The van der Waals surface area contributed by atoms with Gasteiger partial charge in [0.05, 0.1) is 11.0 Å². The fourth-order valence-electron chi connectivity index (χ4n) is 6.40. The Morgan fingerprint density at radius 1 is 0.833 bits per heavy atom. The zero-order valence-corrected chi connectivity index (χ0v) is 29.8. The van der Waals surface area contributed by atoms with Crippen molar-refractivity contribution in [3.63, 3.8) is 0 Å². The molecule has 1 aromatic heterocycles. The fraction of sp³-hybridized carbons (Fsp3) is 0.512. The van der Waals surface area contributed by atoms with Crippen LogP contribution in [0.5, 0.6) is 5.75 Å². The van der Waals surface area contributed by atoms with Crippen LogP contribution < -0.4 is 10.1 Å². The molecule has 0 aliphatic carbocycles. The number of nitrogens with zero attached hydrogens (tertiary/aromatic N) is 4. The van der Waals surface area contributed by atoms with Gasteiger partial charge in [0.1, 0.15) is 12.4 Å². The molecule has 1 aliphatic rings. The van der Waals surface area contributed by atoms with Gasteiger partial charge in [-0.2, -0.15) is 0 Å². The van der Waals surface area contributed by atoms with Gasteiger partial charge in [-0.25, -0.2) is 4.98 Å². The number of carbonyl (C=O) groups excluding carboxylic acids is 1. The number of hydrogen-bond donors (Lipinski definition) is 1. The van der Waals surface area contributed by atoms with E-state index in [0.29, 0.717) is 18.4 Å². The molecule has 4 aromatic rings. The normalized spacial score (nSPS) is 14.0. The summed E-state index contributed by atoms with van der Waals surface area (Å²) in [5, 5.41) is 3.60. The maximum absolute atomic E-state index is 13.9. The highest BCUT2D eigenvalue weighted by Gasteiger charge is 2.20. The molecule has 5 rings (SSSR count). The highest BCUT2D eigenvalue weighted by Crippen LogP contribution is 2.27. The number of fused-ring (bicyclic) bond motifs is 1. The molecule has 1 fully saturated rings. The summed E-state index contributed by atoms with van der Waals surface area (Å²) < 4.78 is 8.40. The van der Waals surface area contributed by atoms with E-state index < -0.39 is 0 Å². The van der Waals surface area contributed by atoms with Crippen molar-refractivity contribution in [2.45, 2.75) is 92.2 Å². The molecular formula is C41H57N5O2. The zero-order chi connectivity index (χ0) is 33.7. The van der Waals surface area contributed by atoms with Crippen LogP contribution in [0.1, 0.15) is 95.0 Å². The van der Waals surface area contributed by atoms with E-state index in [-0.39, 0.29) is 5.91 Å². The Hall–Kier alpha value is -3.84. The van der Waals surface area contributed by atoms with E-state index >= 15 is 0 Å². The van der Waals surface area contributed by atoms with Gasteiger partial charge in [-0.05, 0) is 106 Å². The third-order valence-electron chi connectivity index (χ3n) is 9.38. The summed E-state index contributed by atoms with van der Waals surface area (Å²) in [4.78, 5) is 23.7. The lowest BCUT2D eigenvalue weighted by Crippen LogP contribution is -2.34. The van der Waals surface area contributed by atoms with Crippen LogP contribution >= 0.6 is 0 Å². The van der Waals surface area contributed by atoms with E-state index in [4.69, 9.17) is 9.72 Å². The summed E-state index contributed by atoms with van der Waals surface area (Å²) in [6, 6.07) is 24.4. The van der Waals surface area contributed by atoms with Crippen LogP contribution in [0.3, 0.4) is 0 Å². The monoisotopic (exact) mass is 651 g/mol. The summed E-state index contributed by atoms with van der Waals surface area (Å²) in [6.45, 7) is 15.4. The van der Waals surface area contributed by atoms with Gasteiger partial charge in [0.25, 0.3) is 5.91 Å². The van der Waals surface area contributed by atoms with Crippen LogP contribution in [-0.2, 0) is 13.2 Å². The summed E-state index contributed by atoms with van der Waals surface area (Å²) in [6.07, 6.45) is 9.54. The van der Waals surface area contributed by atoms with E-state index in [1.54, 1.807) is 0 Å². The van der Waals surface area contributed by atoms with E-state index in [1.165, 1.54) is 38.8 Å². The molecular weight excluding hydrogens is 594 g/mol. The van der Waals surface area contributed by atoms with Gasteiger partial charge in [-0.3, -0.25) is 4.79 Å². The minimum Gasteiger partial charge on any atom is -0.489 e. The van der Waals surface area contributed by atoms with Gasteiger partial charge in [-0.15, -0.1) is 0 Å². The quantitative estimate of drug-likeness (QED) is 0.115. The van der Waals surface area contributed by atoms with Crippen molar-refractivity contribution in [3.8, 4) is 5.75 Å². The van der Waals surface area contributed by atoms with Gasteiger partial charge in [0.15, 0.2) is 0 Å². The third kappa shape index (κ3) is 10.6.